The topological polar surface area (TPSA) is 211 Å². The molecule has 0 saturated heterocycles. The molecule has 4 rings (SSSR count). The van der Waals surface area contributed by atoms with E-state index in [1.54, 1.807) is 57.4 Å². The first-order valence-electron chi connectivity index (χ1n) is 13.8. The molecule has 0 radical (unpaired) electrons. The number of hydrogen-bond acceptors (Lipinski definition) is 10. The summed E-state index contributed by atoms with van der Waals surface area (Å²) in [5.41, 5.74) is 2.28. The van der Waals surface area contributed by atoms with Crippen LogP contribution < -0.4 is 42.0 Å². The minimum absolute atomic E-state index is 0.0356. The Bertz CT molecular complexity index is 1670. The number of H-pyrrole nitrogens is 2. The van der Waals surface area contributed by atoms with Crippen molar-refractivity contribution in [2.75, 3.05) is 48.8 Å². The van der Waals surface area contributed by atoms with Crippen molar-refractivity contribution in [3.8, 4) is 5.75 Å². The Morgan fingerprint density at radius 1 is 0.756 bits per heavy atom. The van der Waals surface area contributed by atoms with Gasteiger partial charge in [-0.25, -0.2) is 9.59 Å². The number of rotatable bonds is 12. The Hall–Kier alpha value is -6.06. The van der Waals surface area contributed by atoms with Gasteiger partial charge in [0.25, 0.3) is 11.1 Å². The maximum atomic E-state index is 12.4. The van der Waals surface area contributed by atoms with E-state index in [0.717, 1.165) is 11.4 Å². The number of aromatic amines is 2. The SMILES string of the molecule is COc1ccc(/N=N/c2ccc(N(CCNC(=O)Nc3nc(=O)cc(C)[nH]3)CCNC(=O)Nc3nc(=O)cc(C)[nH]3)cc2)cc1. The van der Waals surface area contributed by atoms with Crippen molar-refractivity contribution < 1.29 is 14.3 Å². The number of carbonyl (C=O) groups is 2. The fraction of sp³-hybridized carbons (Fsp3) is 0.241. The Morgan fingerprint density at radius 2 is 1.20 bits per heavy atom. The number of nitrogens with zero attached hydrogens (tertiary/aromatic N) is 5. The highest BCUT2D eigenvalue weighted by atomic mass is 16.5. The summed E-state index contributed by atoms with van der Waals surface area (Å²) in [6, 6.07) is 16.0. The van der Waals surface area contributed by atoms with E-state index in [0.29, 0.717) is 35.9 Å². The number of aryl methyl sites for hydroxylation is 2. The molecule has 0 aliphatic carbocycles. The van der Waals surface area contributed by atoms with Crippen molar-refractivity contribution >= 4 is 41.0 Å². The second-order valence-corrected chi connectivity index (χ2v) is 9.67. The summed E-state index contributed by atoms with van der Waals surface area (Å²) < 4.78 is 5.16. The lowest BCUT2D eigenvalue weighted by Crippen LogP contribution is -2.41. The van der Waals surface area contributed by atoms with Crippen molar-refractivity contribution in [1.29, 1.82) is 0 Å². The van der Waals surface area contributed by atoms with E-state index in [1.165, 1.54) is 12.1 Å². The number of amides is 4. The zero-order chi connectivity index (χ0) is 32.2. The van der Waals surface area contributed by atoms with E-state index in [4.69, 9.17) is 4.74 Å². The van der Waals surface area contributed by atoms with Gasteiger partial charge in [0, 0.05) is 55.4 Å². The van der Waals surface area contributed by atoms with Crippen LogP contribution >= 0.6 is 0 Å². The van der Waals surface area contributed by atoms with Crippen LogP contribution in [0.1, 0.15) is 11.4 Å². The number of methoxy groups -OCH3 is 1. The van der Waals surface area contributed by atoms with Gasteiger partial charge in [0.2, 0.25) is 11.9 Å². The van der Waals surface area contributed by atoms with Gasteiger partial charge in [0.15, 0.2) is 0 Å². The average molecular weight is 616 g/mol. The fourth-order valence-corrected chi connectivity index (χ4v) is 4.05. The minimum Gasteiger partial charge on any atom is -0.497 e. The first-order valence-corrected chi connectivity index (χ1v) is 13.8. The fourth-order valence-electron chi connectivity index (χ4n) is 4.05. The van der Waals surface area contributed by atoms with E-state index in [2.05, 4.69) is 51.4 Å². The molecule has 6 N–H and O–H groups in total. The summed E-state index contributed by atoms with van der Waals surface area (Å²) in [7, 11) is 1.59. The number of anilines is 3. The summed E-state index contributed by atoms with van der Waals surface area (Å²) in [5, 5.41) is 19.0. The number of benzene rings is 2. The second-order valence-electron chi connectivity index (χ2n) is 9.67. The number of urea groups is 2. The molecule has 2 aromatic carbocycles. The Labute approximate surface area is 257 Å². The molecule has 234 valence electrons. The standard InChI is InChI=1S/C29H33N11O5/c1-18-16-24(41)34-26(32-18)36-28(43)30-12-14-40(15-13-31-29(44)37-27-33-19(2)17-25(42)35-27)22-8-4-20(5-9-22)38-39-21-6-10-23(45-3)11-7-21/h4-11,16-17H,12-15H2,1-3H3,(H3,30,32,34,36,41,43)(H3,31,33,35,37,42,44)/b39-38+. The lowest BCUT2D eigenvalue weighted by molar-refractivity contribution is 0.251. The monoisotopic (exact) mass is 615 g/mol. The lowest BCUT2D eigenvalue weighted by atomic mass is 10.2. The van der Waals surface area contributed by atoms with Crippen LogP contribution in [0.5, 0.6) is 5.75 Å². The summed E-state index contributed by atoms with van der Waals surface area (Å²) in [4.78, 5) is 63.1. The lowest BCUT2D eigenvalue weighted by Gasteiger charge is -2.25. The zero-order valence-electron chi connectivity index (χ0n) is 24.9. The third-order valence-corrected chi connectivity index (χ3v) is 6.12. The van der Waals surface area contributed by atoms with Crippen LogP contribution in [0.2, 0.25) is 0 Å². The molecule has 4 aromatic rings. The van der Waals surface area contributed by atoms with Gasteiger partial charge in [0.05, 0.1) is 18.5 Å². The molecule has 0 spiro atoms. The maximum absolute atomic E-state index is 12.4. The molecule has 0 aliphatic rings. The number of aromatic nitrogens is 4. The molecular weight excluding hydrogens is 582 g/mol. The molecule has 0 fully saturated rings. The first kappa shape index (κ1) is 31.9. The molecule has 2 aromatic heterocycles. The number of hydrogen-bond donors (Lipinski definition) is 6. The average Bonchev–Trinajstić information content (AvgIpc) is 2.99. The number of azo groups is 1. The zero-order valence-corrected chi connectivity index (χ0v) is 24.9. The number of ether oxygens (including phenoxy) is 1. The second kappa shape index (κ2) is 15.4. The Morgan fingerprint density at radius 3 is 1.62 bits per heavy atom. The highest BCUT2D eigenvalue weighted by Gasteiger charge is 2.11. The third kappa shape index (κ3) is 10.3. The van der Waals surface area contributed by atoms with Crippen molar-refractivity contribution in [3.05, 3.63) is 92.8 Å². The Kier molecular flexibility index (Phi) is 10.9. The summed E-state index contributed by atoms with van der Waals surface area (Å²) >= 11 is 0. The van der Waals surface area contributed by atoms with Gasteiger partial charge in [-0.3, -0.25) is 20.2 Å². The predicted octanol–water partition coefficient (Wildman–Crippen LogP) is 3.34. The van der Waals surface area contributed by atoms with E-state index < -0.39 is 23.2 Å². The highest BCUT2D eigenvalue weighted by molar-refractivity contribution is 5.87. The predicted molar refractivity (Wildman–Crippen MR) is 169 cm³/mol. The molecule has 0 bridgehead atoms. The molecule has 0 unspecified atom stereocenters. The van der Waals surface area contributed by atoms with E-state index in [9.17, 15) is 19.2 Å². The van der Waals surface area contributed by atoms with Gasteiger partial charge in [-0.1, -0.05) is 0 Å². The highest BCUT2D eigenvalue weighted by Crippen LogP contribution is 2.23. The molecule has 4 amide bonds. The van der Waals surface area contributed by atoms with Crippen LogP contribution in [-0.2, 0) is 0 Å². The van der Waals surface area contributed by atoms with Crippen molar-refractivity contribution in [3.63, 3.8) is 0 Å². The van der Waals surface area contributed by atoms with Crippen LogP contribution in [0.25, 0.3) is 0 Å². The summed E-state index contributed by atoms with van der Waals surface area (Å²) in [5.74, 6) is 0.794. The minimum atomic E-state index is -0.546. The van der Waals surface area contributed by atoms with Gasteiger partial charge < -0.3 is 30.2 Å². The van der Waals surface area contributed by atoms with Crippen molar-refractivity contribution in [2.24, 2.45) is 10.2 Å². The van der Waals surface area contributed by atoms with Gasteiger partial charge in [-0.05, 0) is 62.4 Å². The van der Waals surface area contributed by atoms with E-state index >= 15 is 0 Å². The molecule has 45 heavy (non-hydrogen) atoms. The van der Waals surface area contributed by atoms with Crippen molar-refractivity contribution in [2.45, 2.75) is 13.8 Å². The van der Waals surface area contributed by atoms with Crippen LogP contribution in [0.3, 0.4) is 0 Å². The molecule has 16 heteroatoms. The number of carbonyl (C=O) groups excluding carboxylic acids is 2. The Balaban J connectivity index is 1.37. The van der Waals surface area contributed by atoms with E-state index in [1.807, 2.05) is 17.0 Å². The molecule has 0 atom stereocenters. The van der Waals surface area contributed by atoms with Gasteiger partial charge in [-0.2, -0.15) is 20.2 Å². The van der Waals surface area contributed by atoms with Gasteiger partial charge in [-0.15, -0.1) is 0 Å². The quantitative estimate of drug-likeness (QED) is 0.130. The normalized spacial score (nSPS) is 10.7. The molecule has 0 saturated carbocycles. The van der Waals surface area contributed by atoms with Crippen LogP contribution in [0.4, 0.5) is 38.5 Å². The summed E-state index contributed by atoms with van der Waals surface area (Å²) in [6.07, 6.45) is 0. The molecule has 2 heterocycles. The largest absolute Gasteiger partial charge is 0.497 e. The molecular formula is C29H33N11O5. The van der Waals surface area contributed by atoms with Crippen LogP contribution in [-0.4, -0.2) is 65.3 Å². The van der Waals surface area contributed by atoms with Gasteiger partial charge >= 0.3 is 12.1 Å². The van der Waals surface area contributed by atoms with E-state index in [-0.39, 0.29) is 25.0 Å². The maximum Gasteiger partial charge on any atom is 0.321 e. The smallest absolute Gasteiger partial charge is 0.321 e. The summed E-state index contributed by atoms with van der Waals surface area (Å²) in [6.45, 7) is 4.55. The van der Waals surface area contributed by atoms with Crippen LogP contribution in [0.15, 0.2) is 80.5 Å². The molecule has 16 nitrogen and oxygen atoms in total. The molecule has 0 aliphatic heterocycles. The van der Waals surface area contributed by atoms with Gasteiger partial charge in [0.1, 0.15) is 5.75 Å². The number of nitrogens with one attached hydrogen (secondary N) is 6. The van der Waals surface area contributed by atoms with Crippen molar-refractivity contribution in [1.82, 2.24) is 30.6 Å². The van der Waals surface area contributed by atoms with Crippen LogP contribution in [0, 0.1) is 13.8 Å². The first-order chi connectivity index (χ1) is 21.7. The third-order valence-electron chi connectivity index (χ3n) is 6.12.